The zero-order valence-electron chi connectivity index (χ0n) is 15.2. The highest BCUT2D eigenvalue weighted by atomic mass is 35.5. The van der Waals surface area contributed by atoms with Gasteiger partial charge in [0.25, 0.3) is 0 Å². The van der Waals surface area contributed by atoms with E-state index >= 15 is 0 Å². The molecule has 0 amide bonds. The molecule has 0 unspecified atom stereocenters. The quantitative estimate of drug-likeness (QED) is 0.288. The number of carbonyl (C=O) groups excluding carboxylic acids is 2. The van der Waals surface area contributed by atoms with Gasteiger partial charge in [0.2, 0.25) is 5.78 Å². The first-order valence-electron chi connectivity index (χ1n) is 8.73. The van der Waals surface area contributed by atoms with Crippen molar-refractivity contribution in [3.63, 3.8) is 0 Å². The van der Waals surface area contributed by atoms with Crippen LogP contribution in [0.2, 0.25) is 10.0 Å². The smallest absolute Gasteiger partial charge is 0.343 e. The highest BCUT2D eigenvalue weighted by Crippen LogP contribution is 2.39. The number of esters is 1. The van der Waals surface area contributed by atoms with Crippen molar-refractivity contribution in [3.8, 4) is 11.5 Å². The largest absolute Gasteiger partial charge is 0.452 e. The Kier molecular flexibility index (Phi) is 5.14. The van der Waals surface area contributed by atoms with Crippen LogP contribution in [0.4, 0.5) is 0 Å². The summed E-state index contributed by atoms with van der Waals surface area (Å²) in [4.78, 5) is 25.1. The van der Waals surface area contributed by atoms with Crippen molar-refractivity contribution in [2.45, 2.75) is 6.92 Å². The van der Waals surface area contributed by atoms with Crippen molar-refractivity contribution < 1.29 is 19.1 Å². The number of fused-ring (bicyclic) bond motifs is 1. The van der Waals surface area contributed by atoms with Crippen LogP contribution in [0.3, 0.4) is 0 Å². The molecule has 1 aliphatic heterocycles. The van der Waals surface area contributed by atoms with Crippen molar-refractivity contribution >= 4 is 41.0 Å². The molecular formula is C23H14Cl2O4. The Bertz CT molecular complexity index is 1180. The molecule has 0 bridgehead atoms. The van der Waals surface area contributed by atoms with Gasteiger partial charge in [0.05, 0.1) is 11.1 Å². The summed E-state index contributed by atoms with van der Waals surface area (Å²) in [6.45, 7) is 1.73. The molecule has 0 aromatic heterocycles. The molecule has 4 nitrogen and oxygen atoms in total. The first-order valence-corrected chi connectivity index (χ1v) is 9.49. The van der Waals surface area contributed by atoms with E-state index in [0.717, 1.165) is 5.56 Å². The summed E-state index contributed by atoms with van der Waals surface area (Å²) in [5.41, 5.74) is 2.05. The highest BCUT2D eigenvalue weighted by molar-refractivity contribution is 6.31. The van der Waals surface area contributed by atoms with Gasteiger partial charge in [-0.1, -0.05) is 41.4 Å². The predicted octanol–water partition coefficient (Wildman–Crippen LogP) is 6.14. The van der Waals surface area contributed by atoms with E-state index < -0.39 is 5.97 Å². The van der Waals surface area contributed by atoms with Crippen LogP contribution in [0.25, 0.3) is 6.08 Å². The van der Waals surface area contributed by atoms with Crippen LogP contribution < -0.4 is 9.47 Å². The molecule has 4 rings (SSSR count). The summed E-state index contributed by atoms with van der Waals surface area (Å²) in [6, 6.07) is 16.8. The molecular weight excluding hydrogens is 411 g/mol. The van der Waals surface area contributed by atoms with Crippen LogP contribution in [-0.2, 0) is 0 Å². The summed E-state index contributed by atoms with van der Waals surface area (Å²) < 4.78 is 11.3. The van der Waals surface area contributed by atoms with E-state index in [2.05, 4.69) is 0 Å². The summed E-state index contributed by atoms with van der Waals surface area (Å²) in [6.07, 6.45) is 1.63. The maximum Gasteiger partial charge on any atom is 0.343 e. The maximum atomic E-state index is 12.7. The molecule has 0 radical (unpaired) electrons. The van der Waals surface area contributed by atoms with Gasteiger partial charge in [-0.2, -0.15) is 0 Å². The van der Waals surface area contributed by atoms with Gasteiger partial charge in [-0.05, 0) is 61.0 Å². The Hall–Kier alpha value is -3.08. The summed E-state index contributed by atoms with van der Waals surface area (Å²) in [5.74, 6) is 0.0826. The minimum Gasteiger partial charge on any atom is -0.452 e. The van der Waals surface area contributed by atoms with Crippen molar-refractivity contribution in [3.05, 3.63) is 98.7 Å². The zero-order valence-corrected chi connectivity index (χ0v) is 16.8. The van der Waals surface area contributed by atoms with Gasteiger partial charge >= 0.3 is 5.97 Å². The Labute approximate surface area is 177 Å². The number of carbonyl (C=O) groups is 2. The fraction of sp³-hybridized carbons (Fsp3) is 0.0435. The van der Waals surface area contributed by atoms with E-state index in [0.29, 0.717) is 38.2 Å². The van der Waals surface area contributed by atoms with Crippen molar-refractivity contribution in [2.24, 2.45) is 0 Å². The van der Waals surface area contributed by atoms with E-state index in [-0.39, 0.29) is 11.5 Å². The molecule has 0 spiro atoms. The van der Waals surface area contributed by atoms with Crippen LogP contribution >= 0.6 is 23.2 Å². The van der Waals surface area contributed by atoms with E-state index in [4.69, 9.17) is 32.7 Å². The first kappa shape index (κ1) is 19.2. The number of rotatable bonds is 3. The van der Waals surface area contributed by atoms with Gasteiger partial charge in [-0.15, -0.1) is 0 Å². The standard InChI is InChI=1S/C23H14Cl2O4/c1-13-19(29-23(27)15-5-3-7-17(25)12-15)9-8-18-21(26)20(28-22(13)18)11-14-4-2-6-16(24)10-14/h2-12H,1H3/b20-11-. The average Bonchev–Trinajstić information content (AvgIpc) is 3.00. The van der Waals surface area contributed by atoms with Gasteiger partial charge in [0.15, 0.2) is 5.76 Å². The Morgan fingerprint density at radius 3 is 2.45 bits per heavy atom. The van der Waals surface area contributed by atoms with Crippen LogP contribution in [0.5, 0.6) is 11.5 Å². The topological polar surface area (TPSA) is 52.6 Å². The lowest BCUT2D eigenvalue weighted by Gasteiger charge is -2.10. The third-order valence-electron chi connectivity index (χ3n) is 4.45. The SMILES string of the molecule is Cc1c(OC(=O)c2cccc(Cl)c2)ccc2c1O/C(=C\c1cccc(Cl)c1)C2=O. The van der Waals surface area contributed by atoms with E-state index in [1.807, 2.05) is 6.07 Å². The fourth-order valence-electron chi connectivity index (χ4n) is 3.00. The molecule has 0 fully saturated rings. The Balaban J connectivity index is 1.62. The highest BCUT2D eigenvalue weighted by Gasteiger charge is 2.30. The number of ketones is 1. The van der Waals surface area contributed by atoms with Gasteiger partial charge in [-0.25, -0.2) is 4.79 Å². The molecule has 1 aliphatic rings. The molecule has 1 heterocycles. The van der Waals surface area contributed by atoms with Gasteiger partial charge in [0.1, 0.15) is 11.5 Å². The second-order valence-corrected chi connectivity index (χ2v) is 7.33. The first-order chi connectivity index (χ1) is 13.9. The Morgan fingerprint density at radius 1 is 1.00 bits per heavy atom. The molecule has 29 heavy (non-hydrogen) atoms. The summed E-state index contributed by atoms with van der Waals surface area (Å²) >= 11 is 11.9. The number of hydrogen-bond donors (Lipinski definition) is 0. The molecule has 0 saturated heterocycles. The zero-order chi connectivity index (χ0) is 20.5. The third-order valence-corrected chi connectivity index (χ3v) is 4.92. The number of ether oxygens (including phenoxy) is 2. The van der Waals surface area contributed by atoms with Gasteiger partial charge < -0.3 is 9.47 Å². The van der Waals surface area contributed by atoms with Gasteiger partial charge in [0, 0.05) is 15.6 Å². The number of Topliss-reactive ketones (excluding diaryl/α,β-unsaturated/α-hetero) is 1. The van der Waals surface area contributed by atoms with Crippen LogP contribution in [-0.4, -0.2) is 11.8 Å². The monoisotopic (exact) mass is 424 g/mol. The average molecular weight is 425 g/mol. The van der Waals surface area contributed by atoms with E-state index in [1.54, 1.807) is 61.5 Å². The normalized spacial score (nSPS) is 13.9. The molecule has 144 valence electrons. The van der Waals surface area contributed by atoms with Crippen LogP contribution in [0, 0.1) is 6.92 Å². The lowest BCUT2D eigenvalue weighted by Crippen LogP contribution is -2.09. The number of halogens is 2. The lowest BCUT2D eigenvalue weighted by atomic mass is 10.1. The minimum absolute atomic E-state index is 0.184. The number of allylic oxidation sites excluding steroid dienone is 1. The maximum absolute atomic E-state index is 12.7. The molecule has 6 heteroatoms. The van der Waals surface area contributed by atoms with E-state index in [9.17, 15) is 9.59 Å². The molecule has 3 aromatic carbocycles. The lowest BCUT2D eigenvalue weighted by molar-refractivity contribution is 0.0733. The molecule has 0 saturated carbocycles. The van der Waals surface area contributed by atoms with Crippen molar-refractivity contribution in [2.75, 3.05) is 0 Å². The second-order valence-electron chi connectivity index (χ2n) is 6.46. The minimum atomic E-state index is -0.547. The van der Waals surface area contributed by atoms with Crippen molar-refractivity contribution in [1.29, 1.82) is 0 Å². The Morgan fingerprint density at radius 2 is 1.72 bits per heavy atom. The number of hydrogen-bond acceptors (Lipinski definition) is 4. The molecule has 3 aromatic rings. The number of benzene rings is 3. The third kappa shape index (κ3) is 3.90. The second kappa shape index (κ2) is 7.74. The van der Waals surface area contributed by atoms with Crippen LogP contribution in [0.15, 0.2) is 66.4 Å². The van der Waals surface area contributed by atoms with E-state index in [1.165, 1.54) is 6.07 Å². The summed E-state index contributed by atoms with van der Waals surface area (Å²) in [5, 5.41) is 1.00. The fourth-order valence-corrected chi connectivity index (χ4v) is 3.39. The predicted molar refractivity (Wildman–Crippen MR) is 112 cm³/mol. The van der Waals surface area contributed by atoms with Crippen molar-refractivity contribution in [1.82, 2.24) is 0 Å². The van der Waals surface area contributed by atoms with Crippen LogP contribution in [0.1, 0.15) is 31.8 Å². The molecule has 0 atom stereocenters. The molecule has 0 N–H and O–H groups in total. The summed E-state index contributed by atoms with van der Waals surface area (Å²) in [7, 11) is 0. The van der Waals surface area contributed by atoms with Gasteiger partial charge in [-0.3, -0.25) is 4.79 Å². The molecule has 0 aliphatic carbocycles.